The smallest absolute Gasteiger partial charge is 0.216 e. The summed E-state index contributed by atoms with van der Waals surface area (Å²) in [4.78, 5) is 13.2. The second kappa shape index (κ2) is 14.1. The molecule has 229 valence electrons. The van der Waals surface area contributed by atoms with Gasteiger partial charge >= 0.3 is 0 Å². The quantitative estimate of drug-likeness (QED) is 0.125. The summed E-state index contributed by atoms with van der Waals surface area (Å²) < 4.78 is 19.3. The van der Waals surface area contributed by atoms with E-state index in [-0.39, 0.29) is 25.9 Å². The van der Waals surface area contributed by atoms with Crippen LogP contribution in [0.25, 0.3) is 44.6 Å². The number of rotatable bonds is 6. The molecule has 0 aliphatic carbocycles. The number of hydrogen-bond acceptors (Lipinski definition) is 4. The zero-order chi connectivity index (χ0) is 30.7. The molecule has 0 aliphatic rings. The zero-order valence-electron chi connectivity index (χ0n) is 26.3. The number of aromatic nitrogens is 3. The molecule has 7 heteroatoms. The van der Waals surface area contributed by atoms with Gasteiger partial charge in [-0.3, -0.25) is 0 Å². The van der Waals surface area contributed by atoms with Crippen molar-refractivity contribution < 1.29 is 28.9 Å². The van der Waals surface area contributed by atoms with Crippen LogP contribution in [0.15, 0.2) is 83.7 Å². The topological polar surface area (TPSA) is 51.8 Å². The summed E-state index contributed by atoms with van der Waals surface area (Å²) in [5.41, 5.74) is 7.41. The van der Waals surface area contributed by atoms with Crippen LogP contribution in [-0.4, -0.2) is 23.0 Å². The van der Waals surface area contributed by atoms with Crippen LogP contribution < -0.4 is 5.19 Å². The van der Waals surface area contributed by atoms with Gasteiger partial charge in [0.25, 0.3) is 0 Å². The second-order valence-electron chi connectivity index (χ2n) is 12.7. The molecule has 0 unspecified atom stereocenters. The van der Waals surface area contributed by atoms with E-state index < -0.39 is 8.07 Å². The molecule has 4 aromatic heterocycles. The van der Waals surface area contributed by atoms with Gasteiger partial charge in [-0.15, -0.1) is 54.1 Å². The molecular weight excluding hydrogens is 742 g/mol. The van der Waals surface area contributed by atoms with Crippen LogP contribution in [0.5, 0.6) is 0 Å². The number of pyridine rings is 3. The van der Waals surface area contributed by atoms with E-state index in [1.807, 2.05) is 36.4 Å². The molecule has 0 fully saturated rings. The normalized spacial score (nSPS) is 11.5. The van der Waals surface area contributed by atoms with Crippen molar-refractivity contribution in [1.29, 1.82) is 0 Å². The molecule has 0 aliphatic heterocycles. The first kappa shape index (κ1) is 33.4. The van der Waals surface area contributed by atoms with Gasteiger partial charge in [-0.25, -0.2) is 9.37 Å². The van der Waals surface area contributed by atoms with E-state index >= 15 is 0 Å². The summed E-state index contributed by atoms with van der Waals surface area (Å²) >= 11 is 0. The minimum atomic E-state index is -1.34. The maximum absolute atomic E-state index is 13.5. The van der Waals surface area contributed by atoms with Crippen molar-refractivity contribution in [3.63, 3.8) is 0 Å². The standard InChI is InChI=1S/C19H14FN2O.C18H24NSi.Ir/c1-11(2)12-6-7-21-17(8-12)15-5-3-4-14-16-9-13(20)10-22-19(16)23-18(14)15;1-14(2)11-16-12-17(15-9-7-6-8-10-15)19-13-18(16)20(3,4)5;/h3-4,6-11H,1-2H3;6-9,12-14H,11H2,1-5H3;/q2*-1;. The number of benzene rings is 2. The fraction of sp³-hybridized carbons (Fsp3) is 0.270. The van der Waals surface area contributed by atoms with E-state index in [9.17, 15) is 4.39 Å². The second-order valence-corrected chi connectivity index (χ2v) is 17.7. The van der Waals surface area contributed by atoms with Gasteiger partial charge < -0.3 is 14.4 Å². The van der Waals surface area contributed by atoms with Crippen LogP contribution in [0.1, 0.15) is 44.7 Å². The van der Waals surface area contributed by atoms with Crippen molar-refractivity contribution in [2.24, 2.45) is 5.92 Å². The third-order valence-corrected chi connectivity index (χ3v) is 9.44. The number of nitrogens with zero attached hydrogens (tertiary/aromatic N) is 3. The summed E-state index contributed by atoms with van der Waals surface area (Å²) in [5.74, 6) is 0.692. The summed E-state index contributed by atoms with van der Waals surface area (Å²) in [6, 6.07) is 26.0. The third-order valence-electron chi connectivity index (χ3n) is 7.37. The molecule has 6 aromatic rings. The SMILES string of the molecule is CC(C)Cc1cc(-c2[c-]cccc2)ncc1[Si](C)(C)C.CC(C)c1ccnc(-c2[c-]ccc3c2oc2ncc(F)cc23)c1.[Ir]. The van der Waals surface area contributed by atoms with Gasteiger partial charge in [-0.2, -0.15) is 0 Å². The van der Waals surface area contributed by atoms with E-state index in [4.69, 9.17) is 4.42 Å². The summed E-state index contributed by atoms with van der Waals surface area (Å²) in [6.07, 6.45) is 6.19. The van der Waals surface area contributed by atoms with Crippen molar-refractivity contribution in [3.8, 4) is 22.5 Å². The Morgan fingerprint density at radius 1 is 0.841 bits per heavy atom. The van der Waals surface area contributed by atoms with Gasteiger partial charge in [0.15, 0.2) is 0 Å². The Morgan fingerprint density at radius 3 is 2.32 bits per heavy atom. The number of halogens is 1. The van der Waals surface area contributed by atoms with Crippen molar-refractivity contribution in [1.82, 2.24) is 15.0 Å². The van der Waals surface area contributed by atoms with Gasteiger partial charge in [0.05, 0.1) is 19.9 Å². The molecule has 0 N–H and O–H groups in total. The molecule has 0 amide bonds. The largest absolute Gasteiger partial charge is 0.486 e. The van der Waals surface area contributed by atoms with Crippen LogP contribution in [0.2, 0.25) is 19.6 Å². The van der Waals surface area contributed by atoms with E-state index in [0.717, 1.165) is 40.5 Å². The van der Waals surface area contributed by atoms with Crippen molar-refractivity contribution in [3.05, 3.63) is 108 Å². The van der Waals surface area contributed by atoms with Gasteiger partial charge in [-0.1, -0.05) is 81.5 Å². The Bertz CT molecular complexity index is 1860. The zero-order valence-corrected chi connectivity index (χ0v) is 29.7. The Hall–Kier alpha value is -3.51. The van der Waals surface area contributed by atoms with Gasteiger partial charge in [0.2, 0.25) is 5.71 Å². The molecule has 6 rings (SSSR count). The first-order valence-corrected chi connectivity index (χ1v) is 18.3. The minimum absolute atomic E-state index is 0. The molecule has 44 heavy (non-hydrogen) atoms. The maximum Gasteiger partial charge on any atom is 0.216 e. The molecule has 0 spiro atoms. The van der Waals surface area contributed by atoms with Crippen LogP contribution in [0.4, 0.5) is 4.39 Å². The number of fused-ring (bicyclic) bond motifs is 3. The minimum Gasteiger partial charge on any atom is -0.486 e. The van der Waals surface area contributed by atoms with E-state index in [1.54, 1.807) is 12.3 Å². The molecule has 0 atom stereocenters. The molecule has 1 radical (unpaired) electrons. The third kappa shape index (κ3) is 7.58. The summed E-state index contributed by atoms with van der Waals surface area (Å²) in [6.45, 7) is 16.0. The van der Waals surface area contributed by atoms with Crippen LogP contribution in [-0.2, 0) is 26.5 Å². The molecular formula is C37H38FIrN3OSi-2. The monoisotopic (exact) mass is 780 g/mol. The van der Waals surface area contributed by atoms with Crippen LogP contribution in [0, 0.1) is 23.9 Å². The molecule has 0 bridgehead atoms. The molecule has 2 aromatic carbocycles. The Balaban J connectivity index is 0.000000199. The van der Waals surface area contributed by atoms with Gasteiger partial charge in [0.1, 0.15) is 5.82 Å². The molecule has 0 saturated heterocycles. The van der Waals surface area contributed by atoms with Gasteiger partial charge in [0, 0.05) is 37.9 Å². The molecule has 4 nitrogen and oxygen atoms in total. The predicted octanol–water partition coefficient (Wildman–Crippen LogP) is 9.40. The summed E-state index contributed by atoms with van der Waals surface area (Å²) in [7, 11) is -1.34. The maximum atomic E-state index is 13.5. The van der Waals surface area contributed by atoms with Crippen LogP contribution in [0.3, 0.4) is 0 Å². The Labute approximate surface area is 274 Å². The first-order valence-electron chi connectivity index (χ1n) is 14.8. The van der Waals surface area contributed by atoms with E-state index in [1.165, 1.54) is 22.4 Å². The van der Waals surface area contributed by atoms with Crippen molar-refractivity contribution in [2.75, 3.05) is 0 Å². The average Bonchev–Trinajstić information content (AvgIpc) is 3.35. The predicted molar refractivity (Wildman–Crippen MR) is 178 cm³/mol. The average molecular weight is 780 g/mol. The fourth-order valence-corrected chi connectivity index (χ4v) is 6.80. The van der Waals surface area contributed by atoms with Crippen molar-refractivity contribution >= 4 is 35.3 Å². The van der Waals surface area contributed by atoms with Crippen LogP contribution >= 0.6 is 0 Å². The first-order chi connectivity index (χ1) is 20.5. The number of furan rings is 1. The molecule has 4 heterocycles. The van der Waals surface area contributed by atoms with Gasteiger partial charge in [-0.05, 0) is 47.0 Å². The van der Waals surface area contributed by atoms with E-state index in [0.29, 0.717) is 28.5 Å². The van der Waals surface area contributed by atoms with Crippen molar-refractivity contribution in [2.45, 2.75) is 59.7 Å². The van der Waals surface area contributed by atoms with E-state index in [2.05, 4.69) is 92.8 Å². The number of hydrogen-bond donors (Lipinski definition) is 0. The fourth-order valence-electron chi connectivity index (χ4n) is 5.21. The summed E-state index contributed by atoms with van der Waals surface area (Å²) in [5, 5.41) is 2.97. The Morgan fingerprint density at radius 2 is 1.64 bits per heavy atom. The Kier molecular flexibility index (Phi) is 10.7. The molecule has 0 saturated carbocycles.